The molecule has 5 heteroatoms. The highest BCUT2D eigenvalue weighted by Gasteiger charge is 2.43. The van der Waals surface area contributed by atoms with Crippen molar-refractivity contribution >= 4 is 43.2 Å². The van der Waals surface area contributed by atoms with Crippen molar-refractivity contribution in [1.29, 1.82) is 0 Å². The smallest absolute Gasteiger partial charge is 0.308 e. The summed E-state index contributed by atoms with van der Waals surface area (Å²) in [5.41, 5.74) is 5.09. The van der Waals surface area contributed by atoms with Crippen molar-refractivity contribution in [2.45, 2.75) is 112 Å². The van der Waals surface area contributed by atoms with Gasteiger partial charge in [-0.05, 0) is 67.5 Å². The van der Waals surface area contributed by atoms with E-state index in [1.807, 2.05) is 24.3 Å². The van der Waals surface area contributed by atoms with Gasteiger partial charge in [-0.1, -0.05) is 70.2 Å². The molecule has 0 heterocycles. The number of hydrogen-bond acceptors (Lipinski definition) is 2. The van der Waals surface area contributed by atoms with Crippen molar-refractivity contribution in [2.75, 3.05) is 0 Å². The summed E-state index contributed by atoms with van der Waals surface area (Å²) in [6.07, 6.45) is 19.3. The fourth-order valence-electron chi connectivity index (χ4n) is 6.10. The van der Waals surface area contributed by atoms with Crippen LogP contribution in [0, 0.1) is 0 Å². The predicted octanol–water partition coefficient (Wildman–Crippen LogP) is 8.87. The Hall–Kier alpha value is -0.560. The second-order valence-corrected chi connectivity index (χ2v) is 14.6. The molecule has 176 valence electrons. The van der Waals surface area contributed by atoms with E-state index in [0.29, 0.717) is 11.4 Å². The SMILES string of the molecule is CC(=O)Oc1ccc(C=C2CC(Cl)(Cl)CCC2P(C2CCCCC2)C2CCCCC2)cc1. The van der Waals surface area contributed by atoms with E-state index in [9.17, 15) is 4.79 Å². The molecule has 0 spiro atoms. The highest BCUT2D eigenvalue weighted by atomic mass is 35.5. The zero-order valence-corrected chi connectivity index (χ0v) is 21.7. The monoisotopic (exact) mass is 494 g/mol. The number of esters is 1. The molecule has 4 rings (SSSR count). The maximum atomic E-state index is 11.2. The first kappa shape index (κ1) is 24.6. The van der Waals surface area contributed by atoms with E-state index in [4.69, 9.17) is 27.9 Å². The van der Waals surface area contributed by atoms with E-state index in [1.54, 1.807) is 0 Å². The Morgan fingerprint density at radius 1 is 0.938 bits per heavy atom. The van der Waals surface area contributed by atoms with Gasteiger partial charge in [-0.25, -0.2) is 0 Å². The topological polar surface area (TPSA) is 26.3 Å². The van der Waals surface area contributed by atoms with Crippen molar-refractivity contribution in [2.24, 2.45) is 0 Å². The van der Waals surface area contributed by atoms with Gasteiger partial charge in [0.1, 0.15) is 10.1 Å². The lowest BCUT2D eigenvalue weighted by Crippen LogP contribution is -2.33. The first-order chi connectivity index (χ1) is 15.4. The average molecular weight is 495 g/mol. The van der Waals surface area contributed by atoms with Crippen LogP contribution in [-0.4, -0.2) is 27.3 Å². The summed E-state index contributed by atoms with van der Waals surface area (Å²) in [7, 11) is -0.0650. The summed E-state index contributed by atoms with van der Waals surface area (Å²) in [6, 6.07) is 7.85. The fourth-order valence-corrected chi connectivity index (χ4v) is 11.1. The molecule has 0 aromatic heterocycles. The number of alkyl halides is 2. The van der Waals surface area contributed by atoms with Crippen LogP contribution >= 0.6 is 31.1 Å². The summed E-state index contributed by atoms with van der Waals surface area (Å²) in [5.74, 6) is 0.304. The first-order valence-electron chi connectivity index (χ1n) is 12.6. The minimum absolute atomic E-state index is 0.0650. The van der Waals surface area contributed by atoms with Crippen LogP contribution in [0.3, 0.4) is 0 Å². The van der Waals surface area contributed by atoms with Gasteiger partial charge in [0.15, 0.2) is 0 Å². The van der Waals surface area contributed by atoms with Gasteiger partial charge < -0.3 is 4.74 Å². The van der Waals surface area contributed by atoms with Crippen LogP contribution in [0.4, 0.5) is 0 Å². The molecule has 0 saturated heterocycles. The number of halogens is 2. The number of allylic oxidation sites excluding steroid dienone is 1. The largest absolute Gasteiger partial charge is 0.427 e. The van der Waals surface area contributed by atoms with Gasteiger partial charge in [-0.3, -0.25) is 4.79 Å². The number of ether oxygens (including phenoxy) is 1. The Labute approximate surface area is 205 Å². The highest BCUT2D eigenvalue weighted by Crippen LogP contribution is 2.64. The van der Waals surface area contributed by atoms with E-state index in [1.165, 1.54) is 76.7 Å². The van der Waals surface area contributed by atoms with Crippen LogP contribution < -0.4 is 4.74 Å². The van der Waals surface area contributed by atoms with E-state index < -0.39 is 4.33 Å². The molecule has 1 unspecified atom stereocenters. The van der Waals surface area contributed by atoms with Crippen molar-refractivity contribution in [3.63, 3.8) is 0 Å². The molecule has 3 saturated carbocycles. The third kappa shape index (κ3) is 6.52. The number of carbonyl (C=O) groups is 1. The van der Waals surface area contributed by atoms with E-state index in [2.05, 4.69) is 6.08 Å². The predicted molar refractivity (Wildman–Crippen MR) is 138 cm³/mol. The van der Waals surface area contributed by atoms with Crippen molar-refractivity contribution in [3.05, 3.63) is 35.4 Å². The minimum atomic E-state index is -0.653. The summed E-state index contributed by atoms with van der Waals surface area (Å²) < 4.78 is 4.56. The molecule has 0 aliphatic heterocycles. The molecule has 1 atom stereocenters. The maximum absolute atomic E-state index is 11.2. The number of hydrogen-bond donors (Lipinski definition) is 0. The Morgan fingerprint density at radius 2 is 1.50 bits per heavy atom. The molecular weight excluding hydrogens is 458 g/mol. The van der Waals surface area contributed by atoms with Crippen LogP contribution in [0.25, 0.3) is 6.08 Å². The summed E-state index contributed by atoms with van der Waals surface area (Å²) in [6.45, 7) is 1.43. The Bertz CT molecular complexity index is 774. The van der Waals surface area contributed by atoms with E-state index in [0.717, 1.165) is 36.1 Å². The summed E-state index contributed by atoms with van der Waals surface area (Å²) >= 11 is 13.5. The molecule has 3 aliphatic carbocycles. The third-order valence-corrected chi connectivity index (χ3v) is 12.2. The summed E-state index contributed by atoms with van der Waals surface area (Å²) in [5, 5.41) is 0. The lowest BCUT2D eigenvalue weighted by Gasteiger charge is -2.47. The number of carbonyl (C=O) groups excluding carboxylic acids is 1. The molecule has 1 aromatic rings. The Kier molecular flexibility index (Phi) is 8.63. The van der Waals surface area contributed by atoms with Gasteiger partial charge in [0.05, 0.1) is 0 Å². The molecule has 1 aromatic carbocycles. The fraction of sp³-hybridized carbons (Fsp3) is 0.667. The van der Waals surface area contributed by atoms with Gasteiger partial charge in [-0.2, -0.15) is 0 Å². The van der Waals surface area contributed by atoms with Gasteiger partial charge in [-0.15, -0.1) is 23.2 Å². The summed E-state index contributed by atoms with van der Waals surface area (Å²) in [4.78, 5) is 11.2. The molecule has 3 aliphatic rings. The van der Waals surface area contributed by atoms with Gasteiger partial charge in [0.25, 0.3) is 0 Å². The Balaban J connectivity index is 1.63. The van der Waals surface area contributed by atoms with E-state index >= 15 is 0 Å². The van der Waals surface area contributed by atoms with Crippen molar-refractivity contribution in [3.8, 4) is 5.75 Å². The van der Waals surface area contributed by atoms with Gasteiger partial charge in [0.2, 0.25) is 0 Å². The second kappa shape index (κ2) is 11.2. The van der Waals surface area contributed by atoms with Gasteiger partial charge >= 0.3 is 5.97 Å². The molecule has 0 N–H and O–H groups in total. The first-order valence-corrected chi connectivity index (χ1v) is 14.9. The van der Waals surface area contributed by atoms with E-state index in [-0.39, 0.29) is 13.9 Å². The Morgan fingerprint density at radius 3 is 2.03 bits per heavy atom. The van der Waals surface area contributed by atoms with Crippen LogP contribution in [0.1, 0.15) is 96.0 Å². The maximum Gasteiger partial charge on any atom is 0.308 e. The highest BCUT2D eigenvalue weighted by molar-refractivity contribution is 7.60. The molecular formula is C27H37Cl2O2P. The normalized spacial score (nSPS) is 26.4. The lowest BCUT2D eigenvalue weighted by molar-refractivity contribution is -0.131. The molecule has 3 fully saturated rings. The van der Waals surface area contributed by atoms with Crippen molar-refractivity contribution in [1.82, 2.24) is 0 Å². The minimum Gasteiger partial charge on any atom is -0.427 e. The molecule has 0 amide bonds. The van der Waals surface area contributed by atoms with Crippen LogP contribution in [0.5, 0.6) is 5.75 Å². The number of rotatable bonds is 5. The zero-order chi connectivity index (χ0) is 22.6. The number of benzene rings is 1. The lowest BCUT2D eigenvalue weighted by atomic mass is 9.91. The quantitative estimate of drug-likeness (QED) is 0.177. The molecule has 2 nitrogen and oxygen atoms in total. The zero-order valence-electron chi connectivity index (χ0n) is 19.3. The molecule has 0 radical (unpaired) electrons. The van der Waals surface area contributed by atoms with Gasteiger partial charge in [0, 0.05) is 19.0 Å². The van der Waals surface area contributed by atoms with Crippen LogP contribution in [-0.2, 0) is 4.79 Å². The van der Waals surface area contributed by atoms with Crippen LogP contribution in [0.2, 0.25) is 0 Å². The van der Waals surface area contributed by atoms with Crippen LogP contribution in [0.15, 0.2) is 29.8 Å². The average Bonchev–Trinajstić information content (AvgIpc) is 2.78. The van der Waals surface area contributed by atoms with Crippen molar-refractivity contribution < 1.29 is 9.53 Å². The third-order valence-electron chi connectivity index (χ3n) is 7.52. The second-order valence-electron chi connectivity index (χ2n) is 10.0. The molecule has 0 bridgehead atoms. The molecule has 32 heavy (non-hydrogen) atoms. The standard InChI is InChI=1S/C27H37Cl2O2P/c1-20(30)31-23-14-12-21(13-15-23)18-22-19-27(28,29)17-16-26(22)32(24-8-4-2-5-9-24)25-10-6-3-7-11-25/h12-15,18,24-26H,2-11,16-17,19H2,1H3.